The molecule has 0 N–H and O–H groups in total. The van der Waals surface area contributed by atoms with Crippen LogP contribution in [-0.2, 0) is 11.3 Å². The second-order valence-electron chi connectivity index (χ2n) is 7.28. The minimum atomic E-state index is -0.448. The van der Waals surface area contributed by atoms with Gasteiger partial charge in [0.1, 0.15) is 16.3 Å². The van der Waals surface area contributed by atoms with Crippen molar-refractivity contribution in [2.45, 2.75) is 45.8 Å². The fraction of sp³-hybridized carbons (Fsp3) is 0.588. The fourth-order valence-corrected chi connectivity index (χ4v) is 3.11. The number of carbonyl (C=O) groups excluding carboxylic acids is 1. The standard InChI is InChI=1S/C17H23ClN4O2/c1-17(2,3)24-16(23)21-7-4-12(5-8-21)11-22-9-6-13-15(22)20-14(18)10-19-13/h6,9-10,12H,4-5,7-8,11H2,1-3H3. The molecular weight excluding hydrogens is 328 g/mol. The lowest BCUT2D eigenvalue weighted by Gasteiger charge is -2.33. The van der Waals surface area contributed by atoms with E-state index in [1.54, 1.807) is 11.1 Å². The van der Waals surface area contributed by atoms with Gasteiger partial charge in [0.25, 0.3) is 0 Å². The Balaban J connectivity index is 1.59. The molecule has 0 spiro atoms. The molecule has 0 aromatic carbocycles. The maximum Gasteiger partial charge on any atom is 0.410 e. The first-order valence-corrected chi connectivity index (χ1v) is 8.65. The topological polar surface area (TPSA) is 60.2 Å². The molecule has 0 saturated carbocycles. The number of fused-ring (bicyclic) bond motifs is 1. The van der Waals surface area contributed by atoms with Crippen LogP contribution in [0.1, 0.15) is 33.6 Å². The lowest BCUT2D eigenvalue weighted by Crippen LogP contribution is -2.42. The van der Waals surface area contributed by atoms with Crippen molar-refractivity contribution in [3.63, 3.8) is 0 Å². The summed E-state index contributed by atoms with van der Waals surface area (Å²) >= 11 is 5.95. The molecule has 0 radical (unpaired) electrons. The summed E-state index contributed by atoms with van der Waals surface area (Å²) in [6.07, 6.45) is 5.25. The number of amides is 1. The molecule has 24 heavy (non-hydrogen) atoms. The van der Waals surface area contributed by atoms with Crippen molar-refractivity contribution >= 4 is 28.9 Å². The lowest BCUT2D eigenvalue weighted by molar-refractivity contribution is 0.0178. The summed E-state index contributed by atoms with van der Waals surface area (Å²) in [5.41, 5.74) is 1.22. The van der Waals surface area contributed by atoms with Crippen molar-refractivity contribution < 1.29 is 9.53 Å². The van der Waals surface area contributed by atoms with Crippen LogP contribution in [-0.4, -0.2) is 44.2 Å². The van der Waals surface area contributed by atoms with Gasteiger partial charge in [-0.25, -0.2) is 14.8 Å². The van der Waals surface area contributed by atoms with E-state index < -0.39 is 5.60 Å². The first-order valence-electron chi connectivity index (χ1n) is 8.27. The van der Waals surface area contributed by atoms with Crippen LogP contribution in [0.3, 0.4) is 0 Å². The van der Waals surface area contributed by atoms with Crippen LogP contribution >= 0.6 is 11.6 Å². The van der Waals surface area contributed by atoms with Gasteiger partial charge < -0.3 is 14.2 Å². The van der Waals surface area contributed by atoms with Gasteiger partial charge in [-0.3, -0.25) is 0 Å². The van der Waals surface area contributed by atoms with E-state index in [4.69, 9.17) is 16.3 Å². The van der Waals surface area contributed by atoms with Gasteiger partial charge in [0.05, 0.1) is 6.20 Å². The van der Waals surface area contributed by atoms with Gasteiger partial charge in [0.15, 0.2) is 5.65 Å². The van der Waals surface area contributed by atoms with E-state index in [0.29, 0.717) is 11.1 Å². The van der Waals surface area contributed by atoms with Crippen LogP contribution in [0.15, 0.2) is 18.5 Å². The molecule has 3 rings (SSSR count). The number of aromatic nitrogens is 3. The Bertz CT molecular complexity index is 730. The SMILES string of the molecule is CC(C)(C)OC(=O)N1CCC(Cn2ccc3ncc(Cl)nc32)CC1. The van der Waals surface area contributed by atoms with E-state index in [-0.39, 0.29) is 6.09 Å². The zero-order valence-electron chi connectivity index (χ0n) is 14.3. The Hall–Kier alpha value is -1.82. The Morgan fingerprint density at radius 2 is 2.08 bits per heavy atom. The van der Waals surface area contributed by atoms with Crippen molar-refractivity contribution in [3.05, 3.63) is 23.6 Å². The number of rotatable bonds is 2. The molecule has 130 valence electrons. The van der Waals surface area contributed by atoms with E-state index in [0.717, 1.165) is 43.6 Å². The van der Waals surface area contributed by atoms with Crippen LogP contribution in [0.5, 0.6) is 0 Å². The molecule has 1 amide bonds. The van der Waals surface area contributed by atoms with Crippen molar-refractivity contribution in [1.82, 2.24) is 19.4 Å². The van der Waals surface area contributed by atoms with E-state index in [2.05, 4.69) is 14.5 Å². The van der Waals surface area contributed by atoms with Crippen LogP contribution < -0.4 is 0 Å². The Kier molecular flexibility index (Phi) is 4.67. The molecule has 7 heteroatoms. The summed E-state index contributed by atoms with van der Waals surface area (Å²) in [7, 11) is 0. The minimum Gasteiger partial charge on any atom is -0.444 e. The number of halogens is 1. The zero-order valence-corrected chi connectivity index (χ0v) is 15.1. The highest BCUT2D eigenvalue weighted by molar-refractivity contribution is 6.29. The molecule has 0 unspecified atom stereocenters. The summed E-state index contributed by atoms with van der Waals surface area (Å²) in [6.45, 7) is 7.99. The molecule has 0 bridgehead atoms. The van der Waals surface area contributed by atoms with Crippen molar-refractivity contribution in [2.24, 2.45) is 5.92 Å². The molecular formula is C17H23ClN4O2. The molecule has 1 fully saturated rings. The predicted molar refractivity (Wildman–Crippen MR) is 93.1 cm³/mol. The van der Waals surface area contributed by atoms with Crippen molar-refractivity contribution in [2.75, 3.05) is 13.1 Å². The number of carbonyl (C=O) groups is 1. The predicted octanol–water partition coefficient (Wildman–Crippen LogP) is 3.73. The average molecular weight is 351 g/mol. The third-order valence-corrected chi connectivity index (χ3v) is 4.34. The molecule has 0 aliphatic carbocycles. The van der Waals surface area contributed by atoms with Gasteiger partial charge in [0.2, 0.25) is 0 Å². The number of hydrogen-bond donors (Lipinski definition) is 0. The number of ether oxygens (including phenoxy) is 1. The van der Waals surface area contributed by atoms with Crippen LogP contribution in [0.4, 0.5) is 4.79 Å². The summed E-state index contributed by atoms with van der Waals surface area (Å²) in [6, 6.07) is 1.95. The largest absolute Gasteiger partial charge is 0.444 e. The van der Waals surface area contributed by atoms with Crippen LogP contribution in [0.2, 0.25) is 5.15 Å². The van der Waals surface area contributed by atoms with Gasteiger partial charge in [-0.2, -0.15) is 0 Å². The molecule has 1 saturated heterocycles. The van der Waals surface area contributed by atoms with Gasteiger partial charge in [-0.15, -0.1) is 0 Å². The van der Waals surface area contributed by atoms with Gasteiger partial charge in [-0.1, -0.05) is 11.6 Å². The number of hydrogen-bond acceptors (Lipinski definition) is 4. The van der Waals surface area contributed by atoms with Crippen molar-refractivity contribution in [3.8, 4) is 0 Å². The van der Waals surface area contributed by atoms with Gasteiger partial charge in [0, 0.05) is 25.8 Å². The Morgan fingerprint density at radius 1 is 1.38 bits per heavy atom. The van der Waals surface area contributed by atoms with Crippen molar-refractivity contribution in [1.29, 1.82) is 0 Å². The Morgan fingerprint density at radius 3 is 2.75 bits per heavy atom. The summed E-state index contributed by atoms with van der Waals surface area (Å²) in [4.78, 5) is 22.6. The second-order valence-corrected chi connectivity index (χ2v) is 7.67. The summed E-state index contributed by atoms with van der Waals surface area (Å²) < 4.78 is 7.54. The molecule has 3 heterocycles. The maximum atomic E-state index is 12.1. The zero-order chi connectivity index (χ0) is 17.3. The highest BCUT2D eigenvalue weighted by Gasteiger charge is 2.27. The third kappa shape index (κ3) is 3.98. The van der Waals surface area contributed by atoms with Crippen LogP contribution in [0.25, 0.3) is 11.2 Å². The smallest absolute Gasteiger partial charge is 0.410 e. The molecule has 1 aliphatic heterocycles. The summed E-state index contributed by atoms with van der Waals surface area (Å²) in [5, 5.41) is 0.405. The van der Waals surface area contributed by atoms with Crippen LogP contribution in [0, 0.1) is 5.92 Å². The minimum absolute atomic E-state index is 0.218. The molecule has 2 aromatic rings. The fourth-order valence-electron chi connectivity index (χ4n) is 2.98. The average Bonchev–Trinajstić information content (AvgIpc) is 2.88. The van der Waals surface area contributed by atoms with E-state index in [1.807, 2.05) is 33.0 Å². The highest BCUT2D eigenvalue weighted by Crippen LogP contribution is 2.23. The van der Waals surface area contributed by atoms with E-state index in [9.17, 15) is 4.79 Å². The first kappa shape index (κ1) is 17.0. The molecule has 1 aliphatic rings. The van der Waals surface area contributed by atoms with E-state index in [1.165, 1.54) is 0 Å². The first-order chi connectivity index (χ1) is 11.3. The van der Waals surface area contributed by atoms with Gasteiger partial charge in [-0.05, 0) is 45.6 Å². The summed E-state index contributed by atoms with van der Waals surface area (Å²) in [5.74, 6) is 0.500. The highest BCUT2D eigenvalue weighted by atomic mass is 35.5. The van der Waals surface area contributed by atoms with Gasteiger partial charge >= 0.3 is 6.09 Å². The maximum absolute atomic E-state index is 12.1. The van der Waals surface area contributed by atoms with E-state index >= 15 is 0 Å². The lowest BCUT2D eigenvalue weighted by atomic mass is 9.97. The number of likely N-dealkylation sites (tertiary alicyclic amines) is 1. The normalized spacial score (nSPS) is 16.6. The number of piperidine rings is 1. The molecule has 0 atom stereocenters. The second kappa shape index (κ2) is 6.59. The molecule has 2 aromatic heterocycles. The monoisotopic (exact) mass is 350 g/mol. The molecule has 6 nitrogen and oxygen atoms in total. The Labute approximate surface area is 146 Å². The third-order valence-electron chi connectivity index (χ3n) is 4.16. The number of nitrogens with zero attached hydrogens (tertiary/aromatic N) is 4. The quantitative estimate of drug-likeness (QED) is 0.828.